The molecule has 4 N–H and O–H groups in total. The van der Waals surface area contributed by atoms with Gasteiger partial charge in [-0.15, -0.1) is 0 Å². The number of aliphatic hydroxyl groups is 1. The molecule has 0 spiro atoms. The fraction of sp³-hybridized carbons (Fsp3) is 0.162. The fourth-order valence-corrected chi connectivity index (χ4v) is 17.1. The van der Waals surface area contributed by atoms with Gasteiger partial charge in [-0.05, 0) is 392 Å². The largest absolute Gasteiger partial charge is 0.508 e. The first-order valence-corrected chi connectivity index (χ1v) is 46.7. The first-order valence-electron chi connectivity index (χ1n) is 46.7. The number of aromatic nitrogens is 13. The van der Waals surface area contributed by atoms with Crippen LogP contribution in [0.3, 0.4) is 0 Å². The lowest BCUT2D eigenvalue weighted by atomic mass is 9.75. The molecule has 12 heterocycles. The summed E-state index contributed by atoms with van der Waals surface area (Å²) in [5.41, 5.74) is 28.7. The van der Waals surface area contributed by atoms with Gasteiger partial charge >= 0.3 is 0 Å². The van der Waals surface area contributed by atoms with Gasteiger partial charge in [0, 0.05) is 75.9 Å². The van der Waals surface area contributed by atoms with Crippen molar-refractivity contribution < 1.29 is 38.3 Å². The van der Waals surface area contributed by atoms with E-state index in [2.05, 4.69) is 220 Å². The number of phenols is 1. The van der Waals surface area contributed by atoms with E-state index in [1.807, 2.05) is 246 Å². The number of fused-ring (bicyclic) bond motifs is 7. The van der Waals surface area contributed by atoms with Gasteiger partial charge in [-0.25, -0.2) is 29.3 Å². The summed E-state index contributed by atoms with van der Waals surface area (Å²) in [6.45, 7) is 20.2. The van der Waals surface area contributed by atoms with Gasteiger partial charge < -0.3 is 38.9 Å². The van der Waals surface area contributed by atoms with Crippen LogP contribution in [0.2, 0.25) is 0 Å². The molecule has 12 aromatic heterocycles. The predicted octanol–water partition coefficient (Wildman–Crippen LogP) is 27.9. The Kier molecular flexibility index (Phi) is 26.2. The van der Waals surface area contributed by atoms with E-state index in [1.54, 1.807) is 24.3 Å². The molecule has 21 heteroatoms. The van der Waals surface area contributed by atoms with Gasteiger partial charge in [0.2, 0.25) is 0 Å². The van der Waals surface area contributed by atoms with Crippen molar-refractivity contribution >= 4 is 50.0 Å². The summed E-state index contributed by atoms with van der Waals surface area (Å²) in [4.78, 5) is 25.9. The molecule has 1 aliphatic carbocycles. The number of hydrogen-bond donors (Lipinski definition) is 4. The number of nitrogens with one attached hydrogen (secondary N) is 2. The van der Waals surface area contributed by atoms with E-state index in [-0.39, 0.29) is 42.1 Å². The van der Waals surface area contributed by atoms with Crippen LogP contribution in [0.25, 0.3) is 162 Å². The average molecular weight is 1830 g/mol. The van der Waals surface area contributed by atoms with Crippen LogP contribution in [-0.2, 0) is 5.60 Å². The minimum atomic E-state index is -0.620. The summed E-state index contributed by atoms with van der Waals surface area (Å²) < 4.78 is 52.4. The van der Waals surface area contributed by atoms with Crippen LogP contribution in [0.5, 0.6) is 34.5 Å². The molecule has 1 saturated carbocycles. The third-order valence-electron chi connectivity index (χ3n) is 24.1. The van der Waals surface area contributed by atoms with Gasteiger partial charge in [-0.3, -0.25) is 27.1 Å². The molecule has 0 amide bonds. The minimum absolute atomic E-state index is 0.148. The van der Waals surface area contributed by atoms with Gasteiger partial charge in [-0.2, -0.15) is 5.10 Å². The third kappa shape index (κ3) is 20.5. The van der Waals surface area contributed by atoms with E-state index in [0.717, 1.165) is 205 Å². The second-order valence-electron chi connectivity index (χ2n) is 35.9. The van der Waals surface area contributed by atoms with Crippen molar-refractivity contribution in [3.63, 3.8) is 0 Å². The van der Waals surface area contributed by atoms with Crippen LogP contribution in [0, 0.1) is 5.82 Å². The Morgan fingerprint density at radius 3 is 0.862 bits per heavy atom. The molecule has 0 saturated heterocycles. The molecule has 0 unspecified atom stereocenters. The number of pyridine rings is 5. The number of nitrogens with zero attached hydrogens (tertiary/aromatic N) is 11. The van der Waals surface area contributed by atoms with Gasteiger partial charge in [0.05, 0.1) is 107 Å². The van der Waals surface area contributed by atoms with Crippen molar-refractivity contribution in [2.75, 3.05) is 0 Å². The van der Waals surface area contributed by atoms with E-state index >= 15 is 0 Å². The SMILES string of the molecule is CC(C)Oc1ccc(-c2cnc3ccc(-c4ccc(C5(O)CCC5)cc4)cn23)cc1.CC(C)Oc1ccc(-c2cnc3ccc(-c4ccc(F)cc4)cn23)cc1.CC(C)Oc1ccc(-c2cnc3ccc(-c4ccc(O)cc4)cn23)cc1.CC(C)Oc1ccc(-c2cnc3ccc(-c4ccc5[nH]ccc5c4)cn23)cc1.CC(C)Oc1ccc(-c2cnc3ccc(-c4ccc5[nH]ncc5c4)cn23)cc1. The highest BCUT2D eigenvalue weighted by Gasteiger charge is 2.36. The lowest BCUT2D eigenvalue weighted by molar-refractivity contribution is -0.0387. The summed E-state index contributed by atoms with van der Waals surface area (Å²) in [7, 11) is 0. The Morgan fingerprint density at radius 2 is 0.558 bits per heavy atom. The number of phenolic OH excluding ortho intramolecular Hbond substituents is 1. The average Bonchev–Trinajstić information content (AvgIpc) is 1.78. The number of aromatic hydroxyl groups is 1. The number of rotatable bonds is 21. The van der Waals surface area contributed by atoms with E-state index < -0.39 is 5.60 Å². The number of H-pyrrole nitrogens is 2. The summed E-state index contributed by atoms with van der Waals surface area (Å²) in [5, 5.41) is 29.5. The molecule has 0 bridgehead atoms. The molecular weight excluding hydrogens is 1720 g/mol. The summed E-state index contributed by atoms with van der Waals surface area (Å²) in [5.74, 6) is 4.38. The number of aromatic amines is 2. The van der Waals surface area contributed by atoms with E-state index in [4.69, 9.17) is 23.7 Å². The van der Waals surface area contributed by atoms with Crippen LogP contribution < -0.4 is 23.7 Å². The Bertz CT molecular complexity index is 7570. The second kappa shape index (κ2) is 39.9. The molecule has 10 aromatic carbocycles. The van der Waals surface area contributed by atoms with Crippen LogP contribution in [0.4, 0.5) is 4.39 Å². The maximum absolute atomic E-state index is 13.2. The molecule has 0 aliphatic heterocycles. The predicted molar refractivity (Wildman–Crippen MR) is 550 cm³/mol. The number of ether oxygens (including phenoxy) is 5. The molecule has 1 fully saturated rings. The Balaban J connectivity index is 0.000000110. The quantitative estimate of drug-likeness (QED) is 0.0527. The van der Waals surface area contributed by atoms with E-state index in [0.29, 0.717) is 0 Å². The van der Waals surface area contributed by atoms with Crippen LogP contribution in [-0.4, -0.2) is 103 Å². The smallest absolute Gasteiger partial charge is 0.137 e. The zero-order valence-electron chi connectivity index (χ0n) is 78.5. The number of imidazole rings is 5. The molecule has 0 radical (unpaired) electrons. The van der Waals surface area contributed by atoms with Crippen molar-refractivity contribution in [1.82, 2.24) is 62.1 Å². The molecule has 20 nitrogen and oxygen atoms in total. The van der Waals surface area contributed by atoms with Crippen LogP contribution in [0.15, 0.2) is 372 Å². The van der Waals surface area contributed by atoms with E-state index in [1.165, 1.54) is 23.1 Å². The third-order valence-corrected chi connectivity index (χ3v) is 24.1. The molecule has 23 rings (SSSR count). The monoisotopic (exact) mass is 1820 g/mol. The highest BCUT2D eigenvalue weighted by Crippen LogP contribution is 2.43. The van der Waals surface area contributed by atoms with Gasteiger partial charge in [0.25, 0.3) is 0 Å². The Hall–Kier alpha value is -16.7. The van der Waals surface area contributed by atoms with Gasteiger partial charge in [-0.1, -0.05) is 60.7 Å². The molecule has 22 aromatic rings. The highest BCUT2D eigenvalue weighted by molar-refractivity contribution is 5.87. The first-order chi connectivity index (χ1) is 67.1. The van der Waals surface area contributed by atoms with Crippen molar-refractivity contribution in [3.05, 3.63) is 383 Å². The molecule has 138 heavy (non-hydrogen) atoms. The number of benzene rings is 10. The van der Waals surface area contributed by atoms with Crippen LogP contribution in [0.1, 0.15) is 94.1 Å². The van der Waals surface area contributed by atoms with Crippen molar-refractivity contribution in [2.45, 2.75) is 125 Å². The maximum atomic E-state index is 13.2. The minimum Gasteiger partial charge on any atom is -0.508 e. The first kappa shape index (κ1) is 90.5. The lowest BCUT2D eigenvalue weighted by Gasteiger charge is -2.37. The van der Waals surface area contributed by atoms with Gasteiger partial charge in [0.1, 0.15) is 68.6 Å². The van der Waals surface area contributed by atoms with Crippen molar-refractivity contribution in [2.24, 2.45) is 0 Å². The summed E-state index contributed by atoms with van der Waals surface area (Å²) >= 11 is 0. The number of halogens is 1. The highest BCUT2D eigenvalue weighted by atomic mass is 19.1. The molecular formula is C117H106FN13O7. The zero-order chi connectivity index (χ0) is 95.1. The lowest BCUT2D eigenvalue weighted by Crippen LogP contribution is -2.33. The number of hydrogen-bond acceptors (Lipinski definition) is 13. The normalized spacial score (nSPS) is 12.2. The fourth-order valence-electron chi connectivity index (χ4n) is 17.1. The zero-order valence-corrected chi connectivity index (χ0v) is 78.5. The standard InChI is InChI=1S/C26H26N2O2.C24H21N3O.C23H20N4O.C22H19FN2O.C22H20N2O2/c1-18(2)30-23-11-6-20(7-12-23)24-16-27-25-13-8-21(17-28(24)25)19-4-9-22(10-5-19)26(29)14-3-15-26;1-16(2)28-21-7-3-17(4-8-21)23-14-26-24-10-6-20(15-27(23)24)18-5-9-22-19(13-18)11-12-25-22;1-15(2)28-20-7-3-16(4-8-20)22-13-24-23-10-6-18(14-27(22)23)17-5-9-21-19(11-17)12-25-26-21;1-15(2)26-20-10-5-17(6-11-20)21-13-24-22-12-7-18(14-25(21)22)16-3-8-19(23)9-4-16;1-15(2)26-20-10-5-17(6-11-20)21-13-23-22-12-7-18(14-24(21)22)16-3-8-19(25)9-4-16/h4-13,16-18,29H,3,14-15H2,1-2H3;3-16,25H,1-2H3;3-15H,1-2H3,(H,25,26);3-15H,1-2H3;3-15,25H,1-2H3. The van der Waals surface area contributed by atoms with Crippen molar-refractivity contribution in [1.29, 1.82) is 0 Å². The summed E-state index contributed by atoms with van der Waals surface area (Å²) in [6, 6.07) is 98.0. The van der Waals surface area contributed by atoms with Crippen LogP contribution >= 0.6 is 0 Å². The van der Waals surface area contributed by atoms with E-state index in [9.17, 15) is 14.6 Å². The summed E-state index contributed by atoms with van der Waals surface area (Å²) in [6.07, 6.45) is 27.4. The Labute approximate surface area is 799 Å². The Morgan fingerprint density at radius 1 is 0.290 bits per heavy atom. The molecule has 1 aliphatic rings. The van der Waals surface area contributed by atoms with Crippen molar-refractivity contribution in [3.8, 4) is 146 Å². The maximum Gasteiger partial charge on any atom is 0.137 e. The topological polar surface area (TPSA) is 218 Å². The molecule has 0 atom stereocenters. The van der Waals surface area contributed by atoms with Gasteiger partial charge in [0.15, 0.2) is 0 Å². The second-order valence-corrected chi connectivity index (χ2v) is 35.9. The molecule has 688 valence electrons.